The molecular formula is C17H20BrN5O3. The molecule has 0 spiro atoms. The molecule has 8 nitrogen and oxygen atoms in total. The zero-order chi connectivity index (χ0) is 18.7. The normalized spacial score (nSPS) is 11.2. The van der Waals surface area contributed by atoms with E-state index in [1.54, 1.807) is 10.9 Å². The van der Waals surface area contributed by atoms with E-state index in [4.69, 9.17) is 9.84 Å². The van der Waals surface area contributed by atoms with Crippen LogP contribution in [0.25, 0.3) is 16.7 Å². The first-order valence-corrected chi connectivity index (χ1v) is 8.98. The second-order valence-corrected chi connectivity index (χ2v) is 6.79. The Morgan fingerprint density at radius 1 is 1.31 bits per heavy atom. The number of nitrogens with one attached hydrogen (secondary N) is 2. The highest BCUT2D eigenvalue weighted by atomic mass is 79.9. The number of hydrogen-bond acceptors (Lipinski definition) is 6. The van der Waals surface area contributed by atoms with Gasteiger partial charge in [-0.25, -0.2) is 4.68 Å². The van der Waals surface area contributed by atoms with Crippen LogP contribution in [0.3, 0.4) is 0 Å². The highest BCUT2D eigenvalue weighted by Crippen LogP contribution is 2.24. The van der Waals surface area contributed by atoms with Crippen LogP contribution in [0.2, 0.25) is 0 Å². The predicted molar refractivity (Wildman–Crippen MR) is 103 cm³/mol. The summed E-state index contributed by atoms with van der Waals surface area (Å²) in [6.07, 6.45) is 1.69. The van der Waals surface area contributed by atoms with Gasteiger partial charge in [0.05, 0.1) is 25.5 Å². The molecule has 0 fully saturated rings. The third-order valence-electron chi connectivity index (χ3n) is 3.85. The lowest BCUT2D eigenvalue weighted by molar-refractivity contribution is 0.0991. The van der Waals surface area contributed by atoms with Crippen LogP contribution in [-0.4, -0.2) is 51.2 Å². The average molecular weight is 422 g/mol. The maximum atomic E-state index is 12.3. The zero-order valence-corrected chi connectivity index (χ0v) is 16.1. The predicted octanol–water partition coefficient (Wildman–Crippen LogP) is 1.91. The first kappa shape index (κ1) is 18.6. The van der Waals surface area contributed by atoms with Gasteiger partial charge in [-0.2, -0.15) is 4.98 Å². The lowest BCUT2D eigenvalue weighted by Crippen LogP contribution is -2.16. The number of hydrogen-bond donors (Lipinski definition) is 3. The van der Waals surface area contributed by atoms with Crippen LogP contribution in [0, 0.1) is 13.8 Å². The van der Waals surface area contributed by atoms with Crippen molar-refractivity contribution in [2.75, 3.05) is 31.7 Å². The Bertz CT molecular complexity index is 959. The highest BCUT2D eigenvalue weighted by molar-refractivity contribution is 9.10. The summed E-state index contributed by atoms with van der Waals surface area (Å²) in [6, 6.07) is 4.01. The minimum absolute atomic E-state index is 0.0205. The highest BCUT2D eigenvalue weighted by Gasteiger charge is 2.13. The van der Waals surface area contributed by atoms with Crippen molar-refractivity contribution in [3.63, 3.8) is 0 Å². The van der Waals surface area contributed by atoms with Crippen LogP contribution >= 0.6 is 15.9 Å². The number of aliphatic hydroxyl groups is 1. The largest absolute Gasteiger partial charge is 0.394 e. The Labute approximate surface area is 158 Å². The smallest absolute Gasteiger partial charge is 0.263 e. The minimum atomic E-state index is -0.257. The summed E-state index contributed by atoms with van der Waals surface area (Å²) in [4.78, 5) is 19.4. The van der Waals surface area contributed by atoms with Gasteiger partial charge in [0.1, 0.15) is 5.39 Å². The monoisotopic (exact) mass is 421 g/mol. The summed E-state index contributed by atoms with van der Waals surface area (Å²) >= 11 is 3.49. The van der Waals surface area contributed by atoms with Gasteiger partial charge in [0.15, 0.2) is 5.65 Å². The van der Waals surface area contributed by atoms with Crippen LogP contribution in [0.4, 0.5) is 5.95 Å². The molecule has 3 aromatic rings. The molecular weight excluding hydrogens is 402 g/mol. The van der Waals surface area contributed by atoms with E-state index < -0.39 is 0 Å². The number of H-pyrrole nitrogens is 1. The Morgan fingerprint density at radius 2 is 2.04 bits per heavy atom. The van der Waals surface area contributed by atoms with Gasteiger partial charge in [-0.05, 0) is 37.1 Å². The van der Waals surface area contributed by atoms with Crippen LogP contribution < -0.4 is 10.9 Å². The summed E-state index contributed by atoms with van der Waals surface area (Å²) in [7, 11) is 0. The van der Waals surface area contributed by atoms with Gasteiger partial charge in [-0.1, -0.05) is 15.9 Å². The van der Waals surface area contributed by atoms with Crippen molar-refractivity contribution >= 4 is 32.9 Å². The van der Waals surface area contributed by atoms with Gasteiger partial charge in [-0.3, -0.25) is 9.78 Å². The molecule has 9 heteroatoms. The second kappa shape index (κ2) is 7.98. The van der Waals surface area contributed by atoms with Crippen molar-refractivity contribution < 1.29 is 9.84 Å². The van der Waals surface area contributed by atoms with E-state index in [1.165, 1.54) is 0 Å². The molecule has 2 aromatic heterocycles. The molecule has 26 heavy (non-hydrogen) atoms. The fourth-order valence-corrected chi connectivity index (χ4v) is 3.47. The topological polar surface area (TPSA) is 105 Å². The molecule has 3 N–H and O–H groups in total. The van der Waals surface area contributed by atoms with Crippen molar-refractivity contribution in [1.82, 2.24) is 19.7 Å². The van der Waals surface area contributed by atoms with Crippen LogP contribution in [0.5, 0.6) is 0 Å². The van der Waals surface area contributed by atoms with E-state index in [9.17, 15) is 4.79 Å². The SMILES string of the molecule is Cc1cc(Br)cc(C)c1-n1cc2c(=O)[nH]c(NCCOCCO)nc2n1. The zero-order valence-electron chi connectivity index (χ0n) is 14.5. The third kappa shape index (κ3) is 3.95. The van der Waals surface area contributed by atoms with Crippen molar-refractivity contribution in [3.05, 3.63) is 44.3 Å². The van der Waals surface area contributed by atoms with Crippen molar-refractivity contribution in [3.8, 4) is 5.69 Å². The molecule has 0 aliphatic heterocycles. The van der Waals surface area contributed by atoms with Gasteiger partial charge in [0.2, 0.25) is 5.95 Å². The lowest BCUT2D eigenvalue weighted by atomic mass is 10.1. The molecule has 0 radical (unpaired) electrons. The fourth-order valence-electron chi connectivity index (χ4n) is 2.79. The van der Waals surface area contributed by atoms with Gasteiger partial charge in [0, 0.05) is 17.2 Å². The first-order valence-electron chi connectivity index (χ1n) is 8.19. The van der Waals surface area contributed by atoms with E-state index >= 15 is 0 Å². The van der Waals surface area contributed by atoms with E-state index in [0.29, 0.717) is 30.1 Å². The summed E-state index contributed by atoms with van der Waals surface area (Å²) < 4.78 is 7.86. The minimum Gasteiger partial charge on any atom is -0.394 e. The van der Waals surface area contributed by atoms with E-state index in [-0.39, 0.29) is 18.8 Å². The van der Waals surface area contributed by atoms with Gasteiger partial charge < -0.3 is 15.2 Å². The van der Waals surface area contributed by atoms with Gasteiger partial charge >= 0.3 is 0 Å². The molecule has 0 amide bonds. The van der Waals surface area contributed by atoms with Gasteiger partial charge in [-0.15, -0.1) is 5.10 Å². The molecule has 138 valence electrons. The Morgan fingerprint density at radius 3 is 2.73 bits per heavy atom. The first-order chi connectivity index (χ1) is 12.5. The quantitative estimate of drug-likeness (QED) is 0.503. The maximum absolute atomic E-state index is 12.3. The standard InChI is InChI=1S/C17H20BrN5O3/c1-10-7-12(18)8-11(2)14(10)23-9-13-15(22-23)20-17(21-16(13)25)19-3-5-26-6-4-24/h7-9,24H,3-6H2,1-2H3,(H2,19,20,21,22,25). The summed E-state index contributed by atoms with van der Waals surface area (Å²) in [5, 5.41) is 16.6. The number of ether oxygens (including phenoxy) is 1. The van der Waals surface area contributed by atoms with E-state index in [1.807, 2.05) is 26.0 Å². The van der Waals surface area contributed by atoms with Crippen LogP contribution in [-0.2, 0) is 4.74 Å². The number of aliphatic hydroxyl groups excluding tert-OH is 1. The lowest BCUT2D eigenvalue weighted by Gasteiger charge is -2.10. The number of halogens is 1. The molecule has 0 aliphatic carbocycles. The summed E-state index contributed by atoms with van der Waals surface area (Å²) in [5.74, 6) is 0.338. The number of anilines is 1. The summed E-state index contributed by atoms with van der Waals surface area (Å²) in [5.41, 5.74) is 3.13. The van der Waals surface area contributed by atoms with Crippen LogP contribution in [0.1, 0.15) is 11.1 Å². The molecule has 3 rings (SSSR count). The number of nitrogens with zero attached hydrogens (tertiary/aromatic N) is 3. The molecule has 1 aromatic carbocycles. The molecule has 0 unspecified atom stereocenters. The van der Waals surface area contributed by atoms with Crippen molar-refractivity contribution in [2.24, 2.45) is 0 Å². The number of aromatic amines is 1. The molecule has 0 aliphatic rings. The second-order valence-electron chi connectivity index (χ2n) is 5.88. The molecule has 2 heterocycles. The number of aromatic nitrogens is 4. The van der Waals surface area contributed by atoms with Crippen LogP contribution in [0.15, 0.2) is 27.6 Å². The van der Waals surface area contributed by atoms with Crippen molar-refractivity contribution in [2.45, 2.75) is 13.8 Å². The van der Waals surface area contributed by atoms with E-state index in [2.05, 4.69) is 36.3 Å². The summed E-state index contributed by atoms with van der Waals surface area (Å²) in [6.45, 7) is 5.11. The van der Waals surface area contributed by atoms with Gasteiger partial charge in [0.25, 0.3) is 5.56 Å². The Kier molecular flexibility index (Phi) is 5.70. The van der Waals surface area contributed by atoms with E-state index in [0.717, 1.165) is 21.3 Å². The number of aryl methyl sites for hydroxylation is 2. The molecule has 0 bridgehead atoms. The Balaban J connectivity index is 1.90. The molecule has 0 saturated heterocycles. The number of benzene rings is 1. The number of rotatable bonds is 7. The van der Waals surface area contributed by atoms with Crippen molar-refractivity contribution in [1.29, 1.82) is 0 Å². The fraction of sp³-hybridized carbons (Fsp3) is 0.353. The Hall–Kier alpha value is -2.23. The third-order valence-corrected chi connectivity index (χ3v) is 4.31. The molecule has 0 atom stereocenters. The maximum Gasteiger partial charge on any atom is 0.263 e. The number of fused-ring (bicyclic) bond motifs is 1. The molecule has 0 saturated carbocycles. The average Bonchev–Trinajstić information content (AvgIpc) is 2.98.